The second kappa shape index (κ2) is 14.7. The number of hydrogen-bond donors (Lipinski definition) is 0. The number of ether oxygens (including phenoxy) is 1. The predicted molar refractivity (Wildman–Crippen MR) is 289 cm³/mol. The summed E-state index contributed by atoms with van der Waals surface area (Å²) in [6.07, 6.45) is 0. The third-order valence-corrected chi connectivity index (χ3v) is 17.2. The molecule has 0 N–H and O–H groups in total. The lowest BCUT2D eigenvalue weighted by atomic mass is 9.37. The Bertz CT molecular complexity index is 3330. The van der Waals surface area contributed by atoms with E-state index in [2.05, 4.69) is 225 Å². The maximum Gasteiger partial charge on any atom is 0.268 e. The van der Waals surface area contributed by atoms with Gasteiger partial charge in [-0.15, -0.1) is 11.3 Å². The first-order valence-corrected chi connectivity index (χ1v) is 27.8. The summed E-state index contributed by atoms with van der Waals surface area (Å²) >= 11 is 1.93. The number of fused-ring (bicyclic) bond motifs is 9. The van der Waals surface area contributed by atoms with Crippen LogP contribution in [-0.4, -0.2) is 14.8 Å². The summed E-state index contributed by atoms with van der Waals surface area (Å²) in [6, 6.07) is 52.4. The van der Waals surface area contributed by atoms with Gasteiger partial charge in [0.15, 0.2) is 0 Å². The number of benzene rings is 7. The average Bonchev–Trinajstić information content (AvgIpc) is 3.83. The largest absolute Gasteiger partial charge is 0.458 e. The molecule has 0 radical (unpaired) electrons. The van der Waals surface area contributed by atoms with Gasteiger partial charge in [0.1, 0.15) is 22.7 Å². The molecule has 7 aromatic carbocycles. The van der Waals surface area contributed by atoms with Gasteiger partial charge in [-0.1, -0.05) is 142 Å². The van der Waals surface area contributed by atoms with E-state index in [1.807, 2.05) is 17.4 Å². The molecule has 2 aromatic heterocycles. The first-order valence-electron chi connectivity index (χ1n) is 23.5. The van der Waals surface area contributed by atoms with Gasteiger partial charge < -0.3 is 19.0 Å². The van der Waals surface area contributed by atoms with Crippen molar-refractivity contribution in [1.29, 1.82) is 0 Å². The van der Waals surface area contributed by atoms with Crippen LogP contribution in [0, 0.1) is 0 Å². The van der Waals surface area contributed by atoms with E-state index in [4.69, 9.17) is 9.15 Å². The van der Waals surface area contributed by atoms with Crippen LogP contribution >= 0.6 is 11.3 Å². The van der Waals surface area contributed by atoms with Crippen molar-refractivity contribution >= 4 is 113 Å². The topological polar surface area (TPSA) is 28.9 Å². The molecule has 0 atom stereocenters. The molecule has 0 saturated carbocycles. The van der Waals surface area contributed by atoms with Gasteiger partial charge in [0.2, 0.25) is 0 Å². The lowest BCUT2D eigenvalue weighted by Gasteiger charge is -2.40. The molecule has 66 heavy (non-hydrogen) atoms. The lowest BCUT2D eigenvalue weighted by Crippen LogP contribution is -2.59. The number of nitrogens with zero attached hydrogens (tertiary/aromatic N) is 2. The van der Waals surface area contributed by atoms with Gasteiger partial charge in [0.25, 0.3) is 6.71 Å². The molecule has 11 rings (SSSR count). The molecule has 0 unspecified atom stereocenters. The summed E-state index contributed by atoms with van der Waals surface area (Å²) in [7, 11) is -1.87. The molecule has 4 nitrogen and oxygen atoms in total. The fourth-order valence-electron chi connectivity index (χ4n) is 10.0. The van der Waals surface area contributed by atoms with Crippen molar-refractivity contribution in [2.45, 2.75) is 98.2 Å². The van der Waals surface area contributed by atoms with E-state index in [-0.39, 0.29) is 23.0 Å². The molecule has 4 heterocycles. The fourth-order valence-corrected chi connectivity index (χ4v) is 12.5. The molecule has 7 heteroatoms. The number of thiophene rings is 1. The van der Waals surface area contributed by atoms with Crippen molar-refractivity contribution in [1.82, 2.24) is 0 Å². The number of hydrogen-bond acceptors (Lipinski definition) is 5. The maximum atomic E-state index is 7.36. The van der Waals surface area contributed by atoms with Gasteiger partial charge in [-0.25, -0.2) is 0 Å². The highest BCUT2D eigenvalue weighted by molar-refractivity contribution is 7.33. The van der Waals surface area contributed by atoms with E-state index in [1.165, 1.54) is 59.0 Å². The van der Waals surface area contributed by atoms with Crippen LogP contribution in [-0.2, 0) is 16.2 Å². The molecule has 0 aliphatic carbocycles. The Balaban J connectivity index is 1.15. The van der Waals surface area contributed by atoms with Crippen LogP contribution in [0.5, 0.6) is 11.5 Å². The van der Waals surface area contributed by atoms with Crippen LogP contribution in [0.3, 0.4) is 0 Å². The monoisotopic (exact) mass is 898 g/mol. The van der Waals surface area contributed by atoms with E-state index < -0.39 is 8.07 Å². The number of anilines is 6. The first-order chi connectivity index (χ1) is 31.2. The van der Waals surface area contributed by atoms with E-state index >= 15 is 0 Å². The third kappa shape index (κ3) is 7.00. The number of furan rings is 1. The van der Waals surface area contributed by atoms with Crippen LogP contribution in [0.15, 0.2) is 144 Å². The smallest absolute Gasteiger partial charge is 0.268 e. The highest BCUT2D eigenvalue weighted by Gasteiger charge is 2.45. The van der Waals surface area contributed by atoms with Crippen LogP contribution in [0.25, 0.3) is 32.0 Å². The summed E-state index contributed by atoms with van der Waals surface area (Å²) in [4.78, 5) is 4.95. The van der Waals surface area contributed by atoms with Gasteiger partial charge in [0.05, 0.1) is 13.8 Å². The molecular weight excluding hydrogens is 840 g/mol. The molecule has 0 amide bonds. The molecule has 0 fully saturated rings. The van der Waals surface area contributed by atoms with Crippen molar-refractivity contribution in [3.63, 3.8) is 0 Å². The molecule has 9 aromatic rings. The van der Waals surface area contributed by atoms with Crippen LogP contribution in [0.1, 0.15) is 79.0 Å². The standard InChI is InChI=1S/C59H59BN2O2SSi/c1-57(2,3)36-17-22-39(23-18-36)61(40-24-19-37(20-25-40)58(4,5)6)42-26-28-47-51(33-42)64-52-35-43(66(10,11)12)34-48-54(52)60(47)56-55(46-31-38(59(7,8)9)21-30-53(46)65-56)62(48)41-27-29-50-45(32-41)44-15-13-14-16-49(44)63-50/h13-35H,1-12H3. The van der Waals surface area contributed by atoms with Crippen LogP contribution in [0.4, 0.5) is 34.1 Å². The van der Waals surface area contributed by atoms with Gasteiger partial charge in [-0.05, 0) is 123 Å². The fraction of sp³-hybridized carbons (Fsp3) is 0.254. The molecular formula is C59H59BN2O2SSi. The molecule has 0 spiro atoms. The Morgan fingerprint density at radius 2 is 1.15 bits per heavy atom. The van der Waals surface area contributed by atoms with Crippen LogP contribution in [0.2, 0.25) is 19.6 Å². The average molecular weight is 899 g/mol. The summed E-state index contributed by atoms with van der Waals surface area (Å²) in [6.45, 7) is 27.9. The Hall–Kier alpha value is -6.02. The number of para-hydroxylation sites is 1. The maximum absolute atomic E-state index is 7.36. The van der Waals surface area contributed by atoms with E-state index in [0.717, 1.165) is 56.2 Å². The van der Waals surface area contributed by atoms with E-state index in [1.54, 1.807) is 0 Å². The Kier molecular flexibility index (Phi) is 9.52. The zero-order valence-corrected chi connectivity index (χ0v) is 42.3. The zero-order chi connectivity index (χ0) is 46.2. The summed E-state index contributed by atoms with van der Waals surface area (Å²) < 4.78 is 16.4. The van der Waals surface area contributed by atoms with E-state index in [9.17, 15) is 0 Å². The Labute approximate surface area is 395 Å². The minimum atomic E-state index is -1.87. The molecule has 0 bridgehead atoms. The molecule has 2 aliphatic rings. The normalized spacial score (nSPS) is 13.8. The van der Waals surface area contributed by atoms with Crippen molar-refractivity contribution < 1.29 is 9.15 Å². The highest BCUT2D eigenvalue weighted by Crippen LogP contribution is 2.48. The molecule has 330 valence electrons. The van der Waals surface area contributed by atoms with Crippen molar-refractivity contribution in [3.05, 3.63) is 156 Å². The lowest BCUT2D eigenvalue weighted by molar-refractivity contribution is 0.488. The highest BCUT2D eigenvalue weighted by atomic mass is 32.1. The Morgan fingerprint density at radius 1 is 0.545 bits per heavy atom. The van der Waals surface area contributed by atoms with Crippen molar-refractivity contribution in [3.8, 4) is 11.5 Å². The van der Waals surface area contributed by atoms with Gasteiger partial charge >= 0.3 is 0 Å². The predicted octanol–water partition coefficient (Wildman–Crippen LogP) is 15.1. The van der Waals surface area contributed by atoms with Crippen molar-refractivity contribution in [2.24, 2.45) is 0 Å². The molecule has 2 aliphatic heterocycles. The summed E-state index contributed by atoms with van der Waals surface area (Å²) in [5.74, 6) is 1.86. The quantitative estimate of drug-likeness (QED) is 0.161. The van der Waals surface area contributed by atoms with Gasteiger partial charge in [-0.3, -0.25) is 0 Å². The zero-order valence-electron chi connectivity index (χ0n) is 40.5. The number of rotatable bonds is 5. The minimum absolute atomic E-state index is 0.0130. The van der Waals surface area contributed by atoms with Crippen LogP contribution < -0.4 is 35.4 Å². The van der Waals surface area contributed by atoms with Gasteiger partial charge in [0, 0.05) is 60.1 Å². The summed E-state index contributed by atoms with van der Waals surface area (Å²) in [5, 5.41) is 4.91. The minimum Gasteiger partial charge on any atom is -0.458 e. The Morgan fingerprint density at radius 3 is 1.79 bits per heavy atom. The van der Waals surface area contributed by atoms with E-state index in [0.29, 0.717) is 0 Å². The second-order valence-electron chi connectivity index (χ2n) is 22.7. The van der Waals surface area contributed by atoms with Crippen molar-refractivity contribution in [2.75, 3.05) is 9.80 Å². The SMILES string of the molecule is CC(C)(C)c1ccc(N(c2ccc(C(C)(C)C)cc2)c2ccc3c(c2)Oc2cc([Si](C)(C)C)cc4c2B3c2sc3ccc(C(C)(C)C)cc3c2N4c2ccc3oc4ccccc4c3c2)cc1. The first kappa shape index (κ1) is 42.6. The summed E-state index contributed by atoms with van der Waals surface area (Å²) in [5.41, 5.74) is 15.2. The second-order valence-corrected chi connectivity index (χ2v) is 28.9. The third-order valence-electron chi connectivity index (χ3n) is 13.9. The molecule has 0 saturated heterocycles. The van der Waals surface area contributed by atoms with Gasteiger partial charge in [-0.2, -0.15) is 0 Å².